The van der Waals surface area contributed by atoms with Gasteiger partial charge in [0, 0.05) is 10.0 Å². The van der Waals surface area contributed by atoms with Crippen molar-refractivity contribution < 1.29 is 0 Å². The van der Waals surface area contributed by atoms with Crippen LogP contribution in [0.2, 0.25) is 10.0 Å². The average molecular weight is 243 g/mol. The Balaban J connectivity index is 3.09. The number of hydrogen-bond donors (Lipinski definition) is 0. The third kappa shape index (κ3) is 3.55. The minimum atomic E-state index is 0.170. The first kappa shape index (κ1) is 12.6. The van der Waals surface area contributed by atoms with Gasteiger partial charge in [-0.15, -0.1) is 0 Å². The Morgan fingerprint density at radius 2 is 1.80 bits per heavy atom. The molecule has 0 atom stereocenters. The standard InChI is InChI=1S/C13H16Cl2/c1-9(13(2,3)4)7-10-5-6-11(14)8-12(10)15/h5-8H,1-4H3. The van der Waals surface area contributed by atoms with E-state index < -0.39 is 0 Å². The molecule has 1 aromatic carbocycles. The highest BCUT2D eigenvalue weighted by Gasteiger charge is 2.12. The third-order valence-electron chi connectivity index (χ3n) is 2.52. The van der Waals surface area contributed by atoms with Gasteiger partial charge in [0.2, 0.25) is 0 Å². The molecule has 0 aliphatic carbocycles. The van der Waals surface area contributed by atoms with Crippen LogP contribution in [0.5, 0.6) is 0 Å². The van der Waals surface area contributed by atoms with Crippen molar-refractivity contribution in [1.82, 2.24) is 0 Å². The van der Waals surface area contributed by atoms with Crippen LogP contribution in [0, 0.1) is 5.41 Å². The monoisotopic (exact) mass is 242 g/mol. The van der Waals surface area contributed by atoms with E-state index in [1.165, 1.54) is 5.57 Å². The topological polar surface area (TPSA) is 0 Å². The fraction of sp³-hybridized carbons (Fsp3) is 0.385. The van der Waals surface area contributed by atoms with Crippen LogP contribution in [0.25, 0.3) is 6.08 Å². The Bertz CT molecular complexity index is 384. The highest BCUT2D eigenvalue weighted by molar-refractivity contribution is 6.35. The smallest absolute Gasteiger partial charge is 0.0493 e. The largest absolute Gasteiger partial charge is 0.0843 e. The molecular formula is C13H16Cl2. The molecule has 15 heavy (non-hydrogen) atoms. The zero-order valence-corrected chi connectivity index (χ0v) is 11.1. The van der Waals surface area contributed by atoms with Crippen molar-refractivity contribution in [2.75, 3.05) is 0 Å². The second-order valence-corrected chi connectivity index (χ2v) is 5.59. The second kappa shape index (κ2) is 4.59. The first-order valence-electron chi connectivity index (χ1n) is 4.94. The number of rotatable bonds is 1. The fourth-order valence-electron chi connectivity index (χ4n) is 1.07. The summed E-state index contributed by atoms with van der Waals surface area (Å²) in [4.78, 5) is 0. The molecular weight excluding hydrogens is 227 g/mol. The number of allylic oxidation sites excluding steroid dienone is 1. The second-order valence-electron chi connectivity index (χ2n) is 4.74. The van der Waals surface area contributed by atoms with Crippen LogP contribution < -0.4 is 0 Å². The van der Waals surface area contributed by atoms with Crippen molar-refractivity contribution in [3.05, 3.63) is 39.4 Å². The van der Waals surface area contributed by atoms with E-state index in [-0.39, 0.29) is 5.41 Å². The molecule has 0 aliphatic heterocycles. The first-order valence-corrected chi connectivity index (χ1v) is 5.70. The zero-order chi connectivity index (χ0) is 11.6. The Hall–Kier alpha value is -0.460. The molecule has 0 bridgehead atoms. The summed E-state index contributed by atoms with van der Waals surface area (Å²) in [5, 5.41) is 1.37. The van der Waals surface area contributed by atoms with Gasteiger partial charge in [-0.05, 0) is 30.0 Å². The Morgan fingerprint density at radius 3 is 2.27 bits per heavy atom. The first-order chi connectivity index (χ1) is 6.80. The highest BCUT2D eigenvalue weighted by Crippen LogP contribution is 2.29. The predicted molar refractivity (Wildman–Crippen MR) is 69.6 cm³/mol. The molecule has 82 valence electrons. The van der Waals surface area contributed by atoms with Gasteiger partial charge >= 0.3 is 0 Å². The molecule has 0 saturated heterocycles. The zero-order valence-electron chi connectivity index (χ0n) is 9.57. The Labute approximate surface area is 102 Å². The van der Waals surface area contributed by atoms with Gasteiger partial charge < -0.3 is 0 Å². The number of benzene rings is 1. The molecule has 0 radical (unpaired) electrons. The van der Waals surface area contributed by atoms with E-state index in [0.717, 1.165) is 5.56 Å². The van der Waals surface area contributed by atoms with Crippen LogP contribution >= 0.6 is 23.2 Å². The lowest BCUT2D eigenvalue weighted by molar-refractivity contribution is 0.508. The maximum atomic E-state index is 6.09. The van der Waals surface area contributed by atoms with Gasteiger partial charge in [0.15, 0.2) is 0 Å². The van der Waals surface area contributed by atoms with Crippen LogP contribution in [-0.4, -0.2) is 0 Å². The molecule has 0 heterocycles. The summed E-state index contributed by atoms with van der Waals surface area (Å²) in [6, 6.07) is 5.57. The van der Waals surface area contributed by atoms with Crippen molar-refractivity contribution in [2.45, 2.75) is 27.7 Å². The lowest BCUT2D eigenvalue weighted by atomic mass is 9.86. The van der Waals surface area contributed by atoms with Crippen molar-refractivity contribution in [1.29, 1.82) is 0 Å². The Kier molecular flexibility index (Phi) is 3.86. The molecule has 0 amide bonds. The molecule has 0 saturated carbocycles. The number of halogens is 2. The molecule has 0 fully saturated rings. The molecule has 0 unspecified atom stereocenters. The van der Waals surface area contributed by atoms with Crippen molar-refractivity contribution in [3.63, 3.8) is 0 Å². The molecule has 0 aromatic heterocycles. The summed E-state index contributed by atoms with van der Waals surface area (Å²) in [5.74, 6) is 0. The highest BCUT2D eigenvalue weighted by atomic mass is 35.5. The molecule has 0 aliphatic rings. The van der Waals surface area contributed by atoms with Crippen LogP contribution in [0.3, 0.4) is 0 Å². The van der Waals surface area contributed by atoms with Gasteiger partial charge in [0.25, 0.3) is 0 Å². The molecule has 0 spiro atoms. The minimum absolute atomic E-state index is 0.170. The molecule has 2 heteroatoms. The third-order valence-corrected chi connectivity index (χ3v) is 3.08. The molecule has 0 N–H and O–H groups in total. The van der Waals surface area contributed by atoms with Crippen LogP contribution in [0.4, 0.5) is 0 Å². The quantitative estimate of drug-likeness (QED) is 0.615. The van der Waals surface area contributed by atoms with E-state index in [1.807, 2.05) is 12.1 Å². The average Bonchev–Trinajstić information content (AvgIpc) is 2.08. The summed E-state index contributed by atoms with van der Waals surface area (Å²) in [6.07, 6.45) is 2.11. The normalized spacial score (nSPS) is 13.1. The maximum absolute atomic E-state index is 6.09. The molecule has 0 nitrogen and oxygen atoms in total. The van der Waals surface area contributed by atoms with Gasteiger partial charge in [-0.3, -0.25) is 0 Å². The van der Waals surface area contributed by atoms with E-state index in [0.29, 0.717) is 10.0 Å². The number of hydrogen-bond acceptors (Lipinski definition) is 0. The van der Waals surface area contributed by atoms with E-state index >= 15 is 0 Å². The van der Waals surface area contributed by atoms with Gasteiger partial charge in [0.1, 0.15) is 0 Å². The lowest BCUT2D eigenvalue weighted by Crippen LogP contribution is -2.06. The summed E-state index contributed by atoms with van der Waals surface area (Å²) in [6.45, 7) is 8.67. The lowest BCUT2D eigenvalue weighted by Gasteiger charge is -2.19. The maximum Gasteiger partial charge on any atom is 0.0493 e. The minimum Gasteiger partial charge on any atom is -0.0843 e. The van der Waals surface area contributed by atoms with E-state index in [9.17, 15) is 0 Å². The van der Waals surface area contributed by atoms with E-state index in [1.54, 1.807) is 6.07 Å². The van der Waals surface area contributed by atoms with Gasteiger partial charge in [0.05, 0.1) is 0 Å². The summed E-state index contributed by atoms with van der Waals surface area (Å²) < 4.78 is 0. The fourth-order valence-corrected chi connectivity index (χ4v) is 1.53. The van der Waals surface area contributed by atoms with Gasteiger partial charge in [-0.1, -0.05) is 61.7 Å². The van der Waals surface area contributed by atoms with E-state index in [4.69, 9.17) is 23.2 Å². The molecule has 1 aromatic rings. The summed E-state index contributed by atoms with van der Waals surface area (Å²) in [5.41, 5.74) is 2.49. The predicted octanol–water partition coefficient (Wildman–Crippen LogP) is 5.44. The van der Waals surface area contributed by atoms with Crippen molar-refractivity contribution >= 4 is 29.3 Å². The van der Waals surface area contributed by atoms with Gasteiger partial charge in [-0.2, -0.15) is 0 Å². The summed E-state index contributed by atoms with van der Waals surface area (Å²) >= 11 is 11.9. The Morgan fingerprint density at radius 1 is 1.20 bits per heavy atom. The SMILES string of the molecule is CC(=Cc1ccc(Cl)cc1Cl)C(C)(C)C. The van der Waals surface area contributed by atoms with E-state index in [2.05, 4.69) is 33.8 Å². The summed E-state index contributed by atoms with van der Waals surface area (Å²) in [7, 11) is 0. The van der Waals surface area contributed by atoms with Crippen molar-refractivity contribution in [3.8, 4) is 0 Å². The van der Waals surface area contributed by atoms with Crippen molar-refractivity contribution in [2.24, 2.45) is 5.41 Å². The molecule has 1 rings (SSSR count). The van der Waals surface area contributed by atoms with Gasteiger partial charge in [-0.25, -0.2) is 0 Å². The van der Waals surface area contributed by atoms with Crippen LogP contribution in [-0.2, 0) is 0 Å². The van der Waals surface area contributed by atoms with Crippen LogP contribution in [0.15, 0.2) is 23.8 Å². The van der Waals surface area contributed by atoms with Crippen LogP contribution in [0.1, 0.15) is 33.3 Å².